The molecule has 1 N–H and O–H groups in total. The van der Waals surface area contributed by atoms with Gasteiger partial charge in [-0.2, -0.15) is 0 Å². The van der Waals surface area contributed by atoms with E-state index in [9.17, 15) is 4.79 Å². The first kappa shape index (κ1) is 16.2. The molecule has 6 heteroatoms. The molecule has 0 fully saturated rings. The predicted molar refractivity (Wildman–Crippen MR) is 104 cm³/mol. The number of carbonyl (C=O) groups excluding carboxylic acids is 1. The summed E-state index contributed by atoms with van der Waals surface area (Å²) in [6, 6.07) is 17.3. The maximum Gasteiger partial charge on any atom is 0.257 e. The zero-order valence-corrected chi connectivity index (χ0v) is 14.8. The van der Waals surface area contributed by atoms with Crippen molar-refractivity contribution in [2.75, 3.05) is 12.4 Å². The number of hydrogen-bond donors (Lipinski definition) is 1. The molecule has 1 amide bonds. The fraction of sp³-hybridized carbons (Fsp3) is 0.0500. The molecule has 0 aliphatic heterocycles. The summed E-state index contributed by atoms with van der Waals surface area (Å²) >= 11 is 1.43. The van der Waals surface area contributed by atoms with Gasteiger partial charge in [-0.15, -0.1) is 0 Å². The standard InChI is InChI=1S/C20H15N3O2S/c1-25-16-8-7-15(13-5-3-2-4-6-13)18-17(16)22-20(26-18)23-19(24)14-9-11-21-12-10-14/h2-12H,1H3,(H,22,23,24). The molecule has 26 heavy (non-hydrogen) atoms. The van der Waals surface area contributed by atoms with Gasteiger partial charge >= 0.3 is 0 Å². The van der Waals surface area contributed by atoms with Crippen LogP contribution < -0.4 is 10.1 Å². The lowest BCUT2D eigenvalue weighted by Gasteiger charge is -2.05. The molecule has 0 radical (unpaired) electrons. The largest absolute Gasteiger partial charge is 0.494 e. The van der Waals surface area contributed by atoms with Crippen LogP contribution in [0.4, 0.5) is 5.13 Å². The number of thiazole rings is 1. The van der Waals surface area contributed by atoms with Crippen LogP contribution in [0, 0.1) is 0 Å². The highest BCUT2D eigenvalue weighted by Gasteiger charge is 2.16. The van der Waals surface area contributed by atoms with E-state index in [0.717, 1.165) is 21.3 Å². The summed E-state index contributed by atoms with van der Waals surface area (Å²) in [7, 11) is 1.62. The van der Waals surface area contributed by atoms with Crippen molar-refractivity contribution in [2.24, 2.45) is 0 Å². The Hall–Kier alpha value is -3.25. The average Bonchev–Trinajstić information content (AvgIpc) is 3.12. The number of benzene rings is 2. The molecule has 5 nitrogen and oxygen atoms in total. The second-order valence-corrected chi connectivity index (χ2v) is 6.57. The minimum atomic E-state index is -0.216. The summed E-state index contributed by atoms with van der Waals surface area (Å²) in [5.41, 5.74) is 3.43. The number of amides is 1. The third-order valence-electron chi connectivity index (χ3n) is 3.97. The van der Waals surface area contributed by atoms with Gasteiger partial charge in [-0.25, -0.2) is 4.98 Å². The van der Waals surface area contributed by atoms with Crippen molar-refractivity contribution in [1.82, 2.24) is 9.97 Å². The van der Waals surface area contributed by atoms with Crippen molar-refractivity contribution in [3.8, 4) is 16.9 Å². The van der Waals surface area contributed by atoms with Gasteiger partial charge < -0.3 is 4.74 Å². The maximum absolute atomic E-state index is 12.4. The predicted octanol–water partition coefficient (Wildman–Crippen LogP) is 4.62. The first-order chi connectivity index (χ1) is 12.8. The Labute approximate surface area is 154 Å². The third-order valence-corrected chi connectivity index (χ3v) is 4.98. The summed E-state index contributed by atoms with van der Waals surface area (Å²) in [5, 5.41) is 3.39. The molecule has 0 saturated heterocycles. The summed E-state index contributed by atoms with van der Waals surface area (Å²) in [6.07, 6.45) is 3.17. The highest BCUT2D eigenvalue weighted by Crippen LogP contribution is 2.39. The summed E-state index contributed by atoms with van der Waals surface area (Å²) in [6.45, 7) is 0. The van der Waals surface area contributed by atoms with Gasteiger partial charge in [0.05, 0.1) is 11.8 Å². The molecule has 0 unspecified atom stereocenters. The number of rotatable bonds is 4. The Morgan fingerprint density at radius 1 is 1.04 bits per heavy atom. The number of ether oxygens (including phenoxy) is 1. The number of nitrogens with one attached hydrogen (secondary N) is 1. The highest BCUT2D eigenvalue weighted by molar-refractivity contribution is 7.23. The second kappa shape index (κ2) is 6.93. The molecule has 2 aromatic heterocycles. The van der Waals surface area contributed by atoms with E-state index >= 15 is 0 Å². The van der Waals surface area contributed by atoms with Crippen LogP contribution in [0.5, 0.6) is 5.75 Å². The lowest BCUT2D eigenvalue weighted by atomic mass is 10.1. The van der Waals surface area contributed by atoms with E-state index in [4.69, 9.17) is 4.74 Å². The van der Waals surface area contributed by atoms with Crippen molar-refractivity contribution in [3.05, 3.63) is 72.6 Å². The number of nitrogens with zero attached hydrogens (tertiary/aromatic N) is 2. The Bertz CT molecular complexity index is 1060. The maximum atomic E-state index is 12.4. The SMILES string of the molecule is COc1ccc(-c2ccccc2)c2sc(NC(=O)c3ccncc3)nc12. The van der Waals surface area contributed by atoms with Gasteiger partial charge in [0, 0.05) is 23.5 Å². The summed E-state index contributed by atoms with van der Waals surface area (Å²) < 4.78 is 6.42. The first-order valence-electron chi connectivity index (χ1n) is 8.00. The van der Waals surface area contributed by atoms with Gasteiger partial charge in [-0.3, -0.25) is 15.1 Å². The van der Waals surface area contributed by atoms with E-state index in [-0.39, 0.29) is 5.91 Å². The van der Waals surface area contributed by atoms with Crippen LogP contribution in [-0.2, 0) is 0 Å². The molecule has 0 aliphatic rings. The molecule has 0 atom stereocenters. The Kier molecular flexibility index (Phi) is 4.33. The lowest BCUT2D eigenvalue weighted by Crippen LogP contribution is -2.11. The van der Waals surface area contributed by atoms with Gasteiger partial charge in [0.1, 0.15) is 11.3 Å². The lowest BCUT2D eigenvalue weighted by molar-refractivity contribution is 0.102. The van der Waals surface area contributed by atoms with Crippen molar-refractivity contribution >= 4 is 32.6 Å². The smallest absolute Gasteiger partial charge is 0.257 e. The molecule has 128 valence electrons. The van der Waals surface area contributed by atoms with Crippen molar-refractivity contribution in [2.45, 2.75) is 0 Å². The molecular weight excluding hydrogens is 346 g/mol. The van der Waals surface area contributed by atoms with Crippen LogP contribution in [-0.4, -0.2) is 23.0 Å². The van der Waals surface area contributed by atoms with Crippen LogP contribution in [0.25, 0.3) is 21.3 Å². The van der Waals surface area contributed by atoms with E-state index < -0.39 is 0 Å². The van der Waals surface area contributed by atoms with Gasteiger partial charge in [0.15, 0.2) is 5.13 Å². The van der Waals surface area contributed by atoms with E-state index in [0.29, 0.717) is 16.4 Å². The fourth-order valence-electron chi connectivity index (χ4n) is 2.72. The van der Waals surface area contributed by atoms with Crippen molar-refractivity contribution in [3.63, 3.8) is 0 Å². The number of aromatic nitrogens is 2. The first-order valence-corrected chi connectivity index (χ1v) is 8.82. The quantitative estimate of drug-likeness (QED) is 0.576. The topological polar surface area (TPSA) is 64.1 Å². The number of fused-ring (bicyclic) bond motifs is 1. The molecule has 0 bridgehead atoms. The van der Waals surface area contributed by atoms with E-state index in [1.54, 1.807) is 31.6 Å². The van der Waals surface area contributed by atoms with Gasteiger partial charge in [-0.1, -0.05) is 41.7 Å². The number of pyridine rings is 1. The minimum absolute atomic E-state index is 0.216. The fourth-order valence-corrected chi connectivity index (χ4v) is 3.73. The summed E-state index contributed by atoms with van der Waals surface area (Å²) in [4.78, 5) is 20.9. The van der Waals surface area contributed by atoms with Crippen molar-refractivity contribution < 1.29 is 9.53 Å². The van der Waals surface area contributed by atoms with Crippen LogP contribution in [0.2, 0.25) is 0 Å². The van der Waals surface area contributed by atoms with Crippen LogP contribution in [0.1, 0.15) is 10.4 Å². The highest BCUT2D eigenvalue weighted by atomic mass is 32.1. The molecule has 0 spiro atoms. The van der Waals surface area contributed by atoms with Gasteiger partial charge in [0.25, 0.3) is 5.91 Å². The molecule has 2 aromatic carbocycles. The molecular formula is C20H15N3O2S. The summed E-state index contributed by atoms with van der Waals surface area (Å²) in [5.74, 6) is 0.465. The Morgan fingerprint density at radius 3 is 2.54 bits per heavy atom. The second-order valence-electron chi connectivity index (χ2n) is 5.57. The van der Waals surface area contributed by atoms with Crippen LogP contribution in [0.3, 0.4) is 0 Å². The zero-order chi connectivity index (χ0) is 17.9. The molecule has 2 heterocycles. The van der Waals surface area contributed by atoms with Gasteiger partial charge in [-0.05, 0) is 29.8 Å². The van der Waals surface area contributed by atoms with Crippen LogP contribution >= 0.6 is 11.3 Å². The molecule has 4 rings (SSSR count). The monoisotopic (exact) mass is 361 g/mol. The van der Waals surface area contributed by atoms with Crippen LogP contribution in [0.15, 0.2) is 67.0 Å². The molecule has 4 aromatic rings. The van der Waals surface area contributed by atoms with E-state index in [2.05, 4.69) is 27.4 Å². The Morgan fingerprint density at radius 2 is 1.81 bits per heavy atom. The molecule has 0 aliphatic carbocycles. The number of carbonyl (C=O) groups is 1. The number of anilines is 1. The van der Waals surface area contributed by atoms with Gasteiger partial charge in [0.2, 0.25) is 0 Å². The van der Waals surface area contributed by atoms with E-state index in [1.165, 1.54) is 11.3 Å². The third kappa shape index (κ3) is 3.02. The molecule has 0 saturated carbocycles. The Balaban J connectivity index is 1.77. The number of hydrogen-bond acceptors (Lipinski definition) is 5. The van der Waals surface area contributed by atoms with E-state index in [1.807, 2.05) is 30.3 Å². The number of methoxy groups -OCH3 is 1. The van der Waals surface area contributed by atoms with Crippen molar-refractivity contribution in [1.29, 1.82) is 0 Å². The average molecular weight is 361 g/mol. The normalized spacial score (nSPS) is 10.7. The zero-order valence-electron chi connectivity index (χ0n) is 14.0. The minimum Gasteiger partial charge on any atom is -0.494 e.